The van der Waals surface area contributed by atoms with Crippen LogP contribution >= 0.6 is 0 Å². The molecule has 2 fully saturated rings. The molecule has 2 atom stereocenters. The number of nitrogens with two attached hydrogens (primary N) is 1. The zero-order valence-corrected chi connectivity index (χ0v) is 16.2. The SMILES string of the molecule is CCOC1CC(N)(C(=O)N2CCN(C(=O)c3ccc(F)cc3)CC2)C1(C)C. The molecule has 2 unspecified atom stereocenters. The molecule has 148 valence electrons. The lowest BCUT2D eigenvalue weighted by Gasteiger charge is -2.59. The first kappa shape index (κ1) is 19.8. The standard InChI is InChI=1S/C20H28FN3O3/c1-4-27-16-13-20(22,19(16,2)3)18(26)24-11-9-23(10-12-24)17(25)14-5-7-15(21)8-6-14/h5-8,16H,4,9-13,22H2,1-3H3. The van der Waals surface area contributed by atoms with Gasteiger partial charge in [-0.1, -0.05) is 13.8 Å². The van der Waals surface area contributed by atoms with Crippen molar-refractivity contribution in [3.8, 4) is 0 Å². The van der Waals surface area contributed by atoms with Crippen LogP contribution in [0.4, 0.5) is 4.39 Å². The maximum Gasteiger partial charge on any atom is 0.253 e. The molecule has 6 nitrogen and oxygen atoms in total. The van der Waals surface area contributed by atoms with Crippen LogP contribution in [0.15, 0.2) is 24.3 Å². The molecule has 1 heterocycles. The predicted octanol–water partition coefficient (Wildman–Crippen LogP) is 1.64. The highest BCUT2D eigenvalue weighted by Gasteiger charge is 2.63. The van der Waals surface area contributed by atoms with E-state index in [1.165, 1.54) is 24.3 Å². The van der Waals surface area contributed by atoms with E-state index in [-0.39, 0.29) is 23.7 Å². The minimum absolute atomic E-state index is 0.0159. The van der Waals surface area contributed by atoms with E-state index in [4.69, 9.17) is 10.5 Å². The van der Waals surface area contributed by atoms with Crippen LogP contribution < -0.4 is 5.73 Å². The van der Waals surface area contributed by atoms with Crippen molar-refractivity contribution < 1.29 is 18.7 Å². The molecule has 1 saturated carbocycles. The Morgan fingerprint density at radius 2 is 1.70 bits per heavy atom. The molecular formula is C20H28FN3O3. The number of piperazine rings is 1. The summed E-state index contributed by atoms with van der Waals surface area (Å²) in [6.45, 7) is 8.25. The molecule has 0 spiro atoms. The van der Waals surface area contributed by atoms with Gasteiger partial charge in [-0.25, -0.2) is 4.39 Å². The Balaban J connectivity index is 1.60. The molecule has 3 rings (SSSR count). The van der Waals surface area contributed by atoms with Gasteiger partial charge in [0.15, 0.2) is 0 Å². The zero-order valence-electron chi connectivity index (χ0n) is 16.2. The van der Waals surface area contributed by atoms with Crippen LogP contribution in [0.25, 0.3) is 0 Å². The maximum atomic E-state index is 13.1. The Labute approximate surface area is 159 Å². The number of amides is 2. The zero-order chi connectivity index (χ0) is 19.8. The van der Waals surface area contributed by atoms with E-state index in [2.05, 4.69) is 0 Å². The molecule has 1 aliphatic heterocycles. The van der Waals surface area contributed by atoms with Crippen molar-refractivity contribution in [2.75, 3.05) is 32.8 Å². The lowest BCUT2D eigenvalue weighted by atomic mass is 9.54. The minimum Gasteiger partial charge on any atom is -0.378 e. The van der Waals surface area contributed by atoms with E-state index in [0.717, 1.165) is 0 Å². The average molecular weight is 377 g/mol. The molecule has 1 aliphatic carbocycles. The number of halogens is 1. The number of rotatable bonds is 4. The van der Waals surface area contributed by atoms with E-state index in [0.29, 0.717) is 44.8 Å². The van der Waals surface area contributed by atoms with Crippen LogP contribution in [0.3, 0.4) is 0 Å². The topological polar surface area (TPSA) is 75.9 Å². The van der Waals surface area contributed by atoms with Gasteiger partial charge in [-0.3, -0.25) is 9.59 Å². The smallest absolute Gasteiger partial charge is 0.253 e. The summed E-state index contributed by atoms with van der Waals surface area (Å²) in [4.78, 5) is 29.0. The molecule has 27 heavy (non-hydrogen) atoms. The second-order valence-electron chi connectivity index (χ2n) is 7.93. The summed E-state index contributed by atoms with van der Waals surface area (Å²) < 4.78 is 18.7. The van der Waals surface area contributed by atoms with Crippen LogP contribution in [-0.4, -0.2) is 66.0 Å². The van der Waals surface area contributed by atoms with Crippen molar-refractivity contribution in [2.45, 2.75) is 38.8 Å². The Hall–Kier alpha value is -1.99. The molecule has 1 saturated heterocycles. The van der Waals surface area contributed by atoms with E-state index >= 15 is 0 Å². The summed E-state index contributed by atoms with van der Waals surface area (Å²) in [7, 11) is 0. The van der Waals surface area contributed by atoms with Gasteiger partial charge in [0.25, 0.3) is 5.91 Å². The number of hydrogen-bond acceptors (Lipinski definition) is 4. The molecule has 2 aliphatic rings. The second-order valence-corrected chi connectivity index (χ2v) is 7.93. The van der Waals surface area contributed by atoms with Crippen LogP contribution in [0, 0.1) is 11.2 Å². The largest absolute Gasteiger partial charge is 0.378 e. The fourth-order valence-electron chi connectivity index (χ4n) is 3.97. The van der Waals surface area contributed by atoms with Gasteiger partial charge in [0.1, 0.15) is 11.4 Å². The summed E-state index contributed by atoms with van der Waals surface area (Å²) in [5.41, 5.74) is 5.57. The van der Waals surface area contributed by atoms with Gasteiger partial charge in [0.2, 0.25) is 5.91 Å². The fourth-order valence-corrected chi connectivity index (χ4v) is 3.97. The number of carbonyl (C=O) groups excluding carboxylic acids is 2. The molecular weight excluding hydrogens is 349 g/mol. The quantitative estimate of drug-likeness (QED) is 0.866. The van der Waals surface area contributed by atoms with E-state index in [1.54, 1.807) is 9.80 Å². The van der Waals surface area contributed by atoms with Crippen molar-refractivity contribution in [3.63, 3.8) is 0 Å². The van der Waals surface area contributed by atoms with Crippen molar-refractivity contribution in [2.24, 2.45) is 11.1 Å². The van der Waals surface area contributed by atoms with Crippen LogP contribution in [0.1, 0.15) is 37.6 Å². The predicted molar refractivity (Wildman–Crippen MR) is 99.6 cm³/mol. The van der Waals surface area contributed by atoms with Crippen molar-refractivity contribution >= 4 is 11.8 Å². The molecule has 0 bridgehead atoms. The number of ether oxygens (including phenoxy) is 1. The lowest BCUT2D eigenvalue weighted by molar-refractivity contribution is -0.180. The summed E-state index contributed by atoms with van der Waals surface area (Å²) in [5.74, 6) is -0.592. The minimum atomic E-state index is -0.935. The Morgan fingerprint density at radius 3 is 2.22 bits per heavy atom. The van der Waals surface area contributed by atoms with Crippen LogP contribution in [0.5, 0.6) is 0 Å². The number of benzene rings is 1. The number of hydrogen-bond donors (Lipinski definition) is 1. The highest BCUT2D eigenvalue weighted by atomic mass is 19.1. The monoisotopic (exact) mass is 377 g/mol. The molecule has 1 aromatic carbocycles. The normalized spacial score (nSPS) is 27.2. The first-order chi connectivity index (χ1) is 12.7. The van der Waals surface area contributed by atoms with Gasteiger partial charge < -0.3 is 20.3 Å². The molecule has 2 N–H and O–H groups in total. The lowest BCUT2D eigenvalue weighted by Crippen LogP contribution is -2.76. The third-order valence-electron chi connectivity index (χ3n) is 6.16. The summed E-state index contributed by atoms with van der Waals surface area (Å²) in [6.07, 6.45) is 0.499. The van der Waals surface area contributed by atoms with Crippen molar-refractivity contribution in [3.05, 3.63) is 35.6 Å². The highest BCUT2D eigenvalue weighted by molar-refractivity contribution is 5.94. The maximum absolute atomic E-state index is 13.1. The summed E-state index contributed by atoms with van der Waals surface area (Å²) in [5, 5.41) is 0. The number of nitrogens with zero attached hydrogens (tertiary/aromatic N) is 2. The Bertz CT molecular complexity index is 714. The fraction of sp³-hybridized carbons (Fsp3) is 0.600. The van der Waals surface area contributed by atoms with E-state index in [1.807, 2.05) is 20.8 Å². The molecule has 7 heteroatoms. The first-order valence-electron chi connectivity index (χ1n) is 9.45. The van der Waals surface area contributed by atoms with Gasteiger partial charge in [-0.05, 0) is 31.2 Å². The molecule has 2 amide bonds. The van der Waals surface area contributed by atoms with Crippen LogP contribution in [0.2, 0.25) is 0 Å². The first-order valence-corrected chi connectivity index (χ1v) is 9.45. The average Bonchev–Trinajstić information content (AvgIpc) is 2.67. The Kier molecular flexibility index (Phi) is 5.27. The summed E-state index contributed by atoms with van der Waals surface area (Å²) in [6, 6.07) is 5.51. The highest BCUT2D eigenvalue weighted by Crippen LogP contribution is 2.50. The van der Waals surface area contributed by atoms with Crippen LogP contribution in [-0.2, 0) is 9.53 Å². The molecule has 1 aromatic rings. The Morgan fingerprint density at radius 1 is 1.15 bits per heavy atom. The summed E-state index contributed by atoms with van der Waals surface area (Å²) >= 11 is 0. The van der Waals surface area contributed by atoms with E-state index in [9.17, 15) is 14.0 Å². The van der Waals surface area contributed by atoms with Gasteiger partial charge in [-0.2, -0.15) is 0 Å². The van der Waals surface area contributed by atoms with Gasteiger partial charge in [0.05, 0.1) is 6.10 Å². The van der Waals surface area contributed by atoms with Gasteiger partial charge >= 0.3 is 0 Å². The van der Waals surface area contributed by atoms with Gasteiger partial charge in [0, 0.05) is 50.2 Å². The second kappa shape index (κ2) is 7.20. The number of carbonyl (C=O) groups is 2. The van der Waals surface area contributed by atoms with Gasteiger partial charge in [-0.15, -0.1) is 0 Å². The van der Waals surface area contributed by atoms with Crippen molar-refractivity contribution in [1.29, 1.82) is 0 Å². The third-order valence-corrected chi connectivity index (χ3v) is 6.16. The molecule has 0 aromatic heterocycles. The third kappa shape index (κ3) is 3.34. The van der Waals surface area contributed by atoms with Crippen molar-refractivity contribution in [1.82, 2.24) is 9.80 Å². The van der Waals surface area contributed by atoms with E-state index < -0.39 is 11.0 Å². The molecule has 0 radical (unpaired) electrons.